The van der Waals surface area contributed by atoms with Crippen LogP contribution in [0.25, 0.3) is 0 Å². The predicted octanol–water partition coefficient (Wildman–Crippen LogP) is 2.85. The molecule has 1 fully saturated rings. The molecule has 5 heteroatoms. The van der Waals surface area contributed by atoms with E-state index < -0.39 is 0 Å². The molecule has 0 saturated carbocycles. The van der Waals surface area contributed by atoms with E-state index in [4.69, 9.17) is 11.6 Å². The number of aromatic nitrogens is 3. The van der Waals surface area contributed by atoms with Crippen molar-refractivity contribution in [3.8, 4) is 0 Å². The topological polar surface area (TPSA) is 34.0 Å². The van der Waals surface area contributed by atoms with Gasteiger partial charge in [-0.1, -0.05) is 30.3 Å². The molecule has 3 rings (SSSR count). The maximum Gasteiger partial charge on any atom is 0.148 e. The van der Waals surface area contributed by atoms with Crippen molar-refractivity contribution in [1.82, 2.24) is 19.7 Å². The molecule has 0 atom stereocenters. The van der Waals surface area contributed by atoms with Crippen molar-refractivity contribution in [3.63, 3.8) is 0 Å². The summed E-state index contributed by atoms with van der Waals surface area (Å²) in [5.74, 6) is 1.32. The Balaban J connectivity index is 1.57. The number of piperidine rings is 1. The summed E-state index contributed by atoms with van der Waals surface area (Å²) < 4.78 is 2.15. The maximum absolute atomic E-state index is 5.89. The molecule has 1 aromatic carbocycles. The molecule has 2 heterocycles. The van der Waals surface area contributed by atoms with Crippen LogP contribution < -0.4 is 0 Å². The quantitative estimate of drug-likeness (QED) is 0.812. The second-order valence-corrected chi connectivity index (χ2v) is 5.55. The lowest BCUT2D eigenvalue weighted by Gasteiger charge is -2.32. The van der Waals surface area contributed by atoms with E-state index in [1.54, 1.807) is 0 Å². The molecule has 0 radical (unpaired) electrons. The van der Waals surface area contributed by atoms with Gasteiger partial charge in [-0.15, -0.1) is 21.8 Å². The summed E-state index contributed by atoms with van der Waals surface area (Å²) in [4.78, 5) is 2.51. The summed E-state index contributed by atoms with van der Waals surface area (Å²) in [6, 6.07) is 11.1. The zero-order chi connectivity index (χ0) is 13.8. The van der Waals surface area contributed by atoms with Gasteiger partial charge in [0.25, 0.3) is 0 Å². The van der Waals surface area contributed by atoms with Crippen LogP contribution in [0.5, 0.6) is 0 Å². The normalized spacial score (nSPS) is 17.4. The molecule has 0 spiro atoms. The van der Waals surface area contributed by atoms with Gasteiger partial charge in [0, 0.05) is 25.7 Å². The Morgan fingerprint density at radius 2 is 1.90 bits per heavy atom. The van der Waals surface area contributed by atoms with E-state index in [0.717, 1.165) is 38.3 Å². The van der Waals surface area contributed by atoms with Crippen molar-refractivity contribution in [2.45, 2.75) is 31.3 Å². The molecule has 4 nitrogen and oxygen atoms in total. The number of alkyl halides is 1. The number of hydrogen-bond donors (Lipinski definition) is 0. The minimum absolute atomic E-state index is 0.435. The van der Waals surface area contributed by atoms with Crippen molar-refractivity contribution in [2.24, 2.45) is 0 Å². The van der Waals surface area contributed by atoms with E-state index in [1.807, 2.05) is 6.33 Å². The van der Waals surface area contributed by atoms with Gasteiger partial charge in [0.05, 0.1) is 5.88 Å². The highest BCUT2D eigenvalue weighted by Gasteiger charge is 2.22. The standard InChI is InChI=1S/C15H19ClN4/c16-10-15-18-17-12-20(15)14-6-8-19(9-7-14)11-13-4-2-1-3-5-13/h1-5,12,14H,6-11H2. The van der Waals surface area contributed by atoms with E-state index in [0.29, 0.717) is 11.9 Å². The minimum Gasteiger partial charge on any atom is -0.313 e. The first-order valence-electron chi connectivity index (χ1n) is 7.07. The van der Waals surface area contributed by atoms with Crippen molar-refractivity contribution < 1.29 is 0 Å². The molecule has 1 aliphatic rings. The van der Waals surface area contributed by atoms with Gasteiger partial charge in [-0.25, -0.2) is 0 Å². The van der Waals surface area contributed by atoms with Gasteiger partial charge in [0.2, 0.25) is 0 Å². The number of benzene rings is 1. The Morgan fingerprint density at radius 3 is 2.60 bits per heavy atom. The molecule has 0 amide bonds. The van der Waals surface area contributed by atoms with Crippen LogP contribution in [-0.4, -0.2) is 32.8 Å². The van der Waals surface area contributed by atoms with Gasteiger partial charge >= 0.3 is 0 Å². The minimum atomic E-state index is 0.435. The van der Waals surface area contributed by atoms with Crippen LogP contribution in [0.15, 0.2) is 36.7 Å². The van der Waals surface area contributed by atoms with Crippen molar-refractivity contribution in [2.75, 3.05) is 13.1 Å². The SMILES string of the molecule is ClCc1nncn1C1CCN(Cc2ccccc2)CC1. The second-order valence-electron chi connectivity index (χ2n) is 5.28. The number of likely N-dealkylation sites (tertiary alicyclic amines) is 1. The van der Waals surface area contributed by atoms with Crippen LogP contribution in [0, 0.1) is 0 Å². The average Bonchev–Trinajstić information content (AvgIpc) is 2.98. The molecule has 0 N–H and O–H groups in total. The lowest BCUT2D eigenvalue weighted by molar-refractivity contribution is 0.178. The fraction of sp³-hybridized carbons (Fsp3) is 0.467. The Hall–Kier alpha value is -1.39. The van der Waals surface area contributed by atoms with Crippen molar-refractivity contribution in [3.05, 3.63) is 48.0 Å². The fourth-order valence-corrected chi connectivity index (χ4v) is 3.06. The van der Waals surface area contributed by atoms with Crippen LogP contribution in [0.3, 0.4) is 0 Å². The van der Waals surface area contributed by atoms with Crippen molar-refractivity contribution in [1.29, 1.82) is 0 Å². The molecule has 1 aromatic heterocycles. The maximum atomic E-state index is 5.89. The molecule has 0 unspecified atom stereocenters. The van der Waals surface area contributed by atoms with Gasteiger partial charge in [-0.05, 0) is 18.4 Å². The molecule has 0 bridgehead atoms. The molecule has 20 heavy (non-hydrogen) atoms. The van der Waals surface area contributed by atoms with Crippen LogP contribution in [0.2, 0.25) is 0 Å². The van der Waals surface area contributed by atoms with Crippen LogP contribution in [0.1, 0.15) is 30.3 Å². The molecule has 1 aliphatic heterocycles. The Kier molecular flexibility index (Phi) is 4.33. The largest absolute Gasteiger partial charge is 0.313 e. The van der Waals surface area contributed by atoms with Crippen LogP contribution >= 0.6 is 11.6 Å². The molecule has 106 valence electrons. The highest BCUT2D eigenvalue weighted by atomic mass is 35.5. The van der Waals surface area contributed by atoms with E-state index in [9.17, 15) is 0 Å². The molecular formula is C15H19ClN4. The Bertz CT molecular complexity index is 532. The van der Waals surface area contributed by atoms with E-state index in [2.05, 4.69) is 50.0 Å². The lowest BCUT2D eigenvalue weighted by Crippen LogP contribution is -2.34. The fourth-order valence-electron chi connectivity index (χ4n) is 2.86. The first-order valence-corrected chi connectivity index (χ1v) is 7.61. The van der Waals surface area contributed by atoms with Gasteiger partial charge < -0.3 is 4.57 Å². The summed E-state index contributed by atoms with van der Waals surface area (Å²) >= 11 is 5.89. The summed E-state index contributed by atoms with van der Waals surface area (Å²) in [6.45, 7) is 3.26. The molecule has 0 aliphatic carbocycles. The van der Waals surface area contributed by atoms with E-state index >= 15 is 0 Å². The van der Waals surface area contributed by atoms with E-state index in [1.165, 1.54) is 5.56 Å². The first-order chi connectivity index (χ1) is 9.86. The van der Waals surface area contributed by atoms with Gasteiger partial charge in [-0.2, -0.15) is 0 Å². The monoisotopic (exact) mass is 290 g/mol. The zero-order valence-electron chi connectivity index (χ0n) is 11.5. The van der Waals surface area contributed by atoms with Crippen LogP contribution in [-0.2, 0) is 12.4 Å². The zero-order valence-corrected chi connectivity index (χ0v) is 12.2. The third kappa shape index (κ3) is 3.02. The number of rotatable bonds is 4. The van der Waals surface area contributed by atoms with E-state index in [-0.39, 0.29) is 0 Å². The number of halogens is 1. The first kappa shape index (κ1) is 13.6. The summed E-state index contributed by atoms with van der Waals surface area (Å²) in [6.07, 6.45) is 4.08. The van der Waals surface area contributed by atoms with Crippen LogP contribution in [0.4, 0.5) is 0 Å². The predicted molar refractivity (Wildman–Crippen MR) is 79.6 cm³/mol. The smallest absolute Gasteiger partial charge is 0.148 e. The average molecular weight is 291 g/mol. The second kappa shape index (κ2) is 6.37. The van der Waals surface area contributed by atoms with Crippen molar-refractivity contribution >= 4 is 11.6 Å². The lowest BCUT2D eigenvalue weighted by atomic mass is 10.0. The Morgan fingerprint density at radius 1 is 1.15 bits per heavy atom. The van der Waals surface area contributed by atoms with Gasteiger partial charge in [0.15, 0.2) is 0 Å². The summed E-state index contributed by atoms with van der Waals surface area (Å²) in [7, 11) is 0. The Labute approximate surface area is 124 Å². The highest BCUT2D eigenvalue weighted by Crippen LogP contribution is 2.24. The third-order valence-corrected chi connectivity index (χ3v) is 4.21. The van der Waals surface area contributed by atoms with Gasteiger partial charge in [0.1, 0.15) is 12.2 Å². The highest BCUT2D eigenvalue weighted by molar-refractivity contribution is 6.16. The third-order valence-electron chi connectivity index (χ3n) is 3.97. The summed E-state index contributed by atoms with van der Waals surface area (Å²) in [5, 5.41) is 8.03. The number of nitrogens with zero attached hydrogens (tertiary/aromatic N) is 4. The molecular weight excluding hydrogens is 272 g/mol. The van der Waals surface area contributed by atoms with Gasteiger partial charge in [-0.3, -0.25) is 4.90 Å². The number of hydrogen-bond acceptors (Lipinski definition) is 3. The summed E-state index contributed by atoms with van der Waals surface area (Å²) in [5.41, 5.74) is 1.39. The molecule has 1 saturated heterocycles. The molecule has 2 aromatic rings.